The fraction of sp³-hybridized carbons (Fsp3) is 0.118. The molecule has 0 saturated heterocycles. The number of esters is 1. The molecule has 8 nitrogen and oxygen atoms in total. The summed E-state index contributed by atoms with van der Waals surface area (Å²) in [6.07, 6.45) is 1.59. The molecule has 0 bridgehead atoms. The van der Waals surface area contributed by atoms with E-state index in [1.54, 1.807) is 31.3 Å². The van der Waals surface area contributed by atoms with Gasteiger partial charge in [-0.2, -0.15) is 4.98 Å². The highest BCUT2D eigenvalue weighted by molar-refractivity contribution is 5.88. The predicted octanol–water partition coefficient (Wildman–Crippen LogP) is 2.07. The van der Waals surface area contributed by atoms with Gasteiger partial charge in [-0.15, -0.1) is 5.10 Å². The summed E-state index contributed by atoms with van der Waals surface area (Å²) in [7, 11) is 0. The van der Waals surface area contributed by atoms with Crippen molar-refractivity contribution >= 4 is 22.7 Å². The highest BCUT2D eigenvalue weighted by Gasteiger charge is 2.17. The molecule has 0 atom stereocenters. The van der Waals surface area contributed by atoms with Crippen molar-refractivity contribution in [1.29, 1.82) is 0 Å². The SMILES string of the molecule is Cc1cc(=O)oc2cc(OC(=O)c3nc4nccc(C)n4n3)ccc12. The van der Waals surface area contributed by atoms with E-state index in [2.05, 4.69) is 15.1 Å². The van der Waals surface area contributed by atoms with Crippen LogP contribution in [0.15, 0.2) is 45.7 Å². The molecular formula is C17H12N4O4. The zero-order valence-corrected chi connectivity index (χ0v) is 13.4. The third-order valence-electron chi connectivity index (χ3n) is 3.75. The number of carbonyl (C=O) groups is 1. The number of rotatable bonds is 2. The summed E-state index contributed by atoms with van der Waals surface area (Å²) in [5.74, 6) is -0.284. The Morgan fingerprint density at radius 1 is 1.20 bits per heavy atom. The van der Waals surface area contributed by atoms with Crippen LogP contribution in [-0.2, 0) is 0 Å². The van der Waals surface area contributed by atoms with Gasteiger partial charge in [-0.05, 0) is 37.6 Å². The van der Waals surface area contributed by atoms with E-state index in [9.17, 15) is 9.59 Å². The molecule has 0 aliphatic heterocycles. The maximum absolute atomic E-state index is 12.3. The first-order chi connectivity index (χ1) is 12.0. The van der Waals surface area contributed by atoms with Gasteiger partial charge in [0.05, 0.1) is 0 Å². The lowest BCUT2D eigenvalue weighted by atomic mass is 10.1. The fourth-order valence-electron chi connectivity index (χ4n) is 2.51. The standard InChI is InChI=1S/C17H12N4O4/c1-9-7-14(22)25-13-8-11(3-4-12(9)13)24-16(23)15-19-17-18-6-5-10(2)21(17)20-15/h3-8H,1-2H3. The monoisotopic (exact) mass is 336 g/mol. The lowest BCUT2D eigenvalue weighted by Crippen LogP contribution is -2.11. The van der Waals surface area contributed by atoms with Crippen molar-refractivity contribution in [1.82, 2.24) is 19.6 Å². The summed E-state index contributed by atoms with van der Waals surface area (Å²) >= 11 is 0. The minimum Gasteiger partial charge on any atom is -0.423 e. The van der Waals surface area contributed by atoms with Crippen LogP contribution < -0.4 is 10.4 Å². The van der Waals surface area contributed by atoms with Gasteiger partial charge >= 0.3 is 11.6 Å². The second-order valence-corrected chi connectivity index (χ2v) is 5.53. The number of carbonyl (C=O) groups excluding carboxylic acids is 1. The molecule has 0 aliphatic rings. The zero-order valence-electron chi connectivity index (χ0n) is 13.4. The fourth-order valence-corrected chi connectivity index (χ4v) is 2.51. The molecule has 8 heteroatoms. The second kappa shape index (κ2) is 5.52. The smallest absolute Gasteiger partial charge is 0.383 e. The van der Waals surface area contributed by atoms with Gasteiger partial charge in [0.15, 0.2) is 0 Å². The predicted molar refractivity (Wildman–Crippen MR) is 87.7 cm³/mol. The van der Waals surface area contributed by atoms with Crippen molar-refractivity contribution in [2.75, 3.05) is 0 Å². The molecule has 0 fully saturated rings. The van der Waals surface area contributed by atoms with Crippen LogP contribution in [0, 0.1) is 13.8 Å². The Labute approximate surface area is 140 Å². The summed E-state index contributed by atoms with van der Waals surface area (Å²) in [6.45, 7) is 3.63. The van der Waals surface area contributed by atoms with Crippen LogP contribution in [0.5, 0.6) is 5.75 Å². The molecule has 0 amide bonds. The first-order valence-corrected chi connectivity index (χ1v) is 7.46. The Morgan fingerprint density at radius 3 is 2.84 bits per heavy atom. The molecule has 0 unspecified atom stereocenters. The number of fused-ring (bicyclic) bond motifs is 2. The van der Waals surface area contributed by atoms with Gasteiger partial charge in [-0.25, -0.2) is 19.1 Å². The van der Waals surface area contributed by atoms with E-state index >= 15 is 0 Å². The first kappa shape index (κ1) is 15.0. The Balaban J connectivity index is 1.68. The highest BCUT2D eigenvalue weighted by atomic mass is 16.5. The molecule has 0 N–H and O–H groups in total. The third-order valence-corrected chi connectivity index (χ3v) is 3.75. The van der Waals surface area contributed by atoms with Gasteiger partial charge in [0.1, 0.15) is 11.3 Å². The zero-order chi connectivity index (χ0) is 17.6. The Bertz CT molecular complexity index is 1190. The topological polar surface area (TPSA) is 99.6 Å². The maximum atomic E-state index is 12.3. The lowest BCUT2D eigenvalue weighted by Gasteiger charge is -2.04. The van der Waals surface area contributed by atoms with E-state index in [-0.39, 0.29) is 11.6 Å². The van der Waals surface area contributed by atoms with E-state index in [4.69, 9.17) is 9.15 Å². The molecule has 4 aromatic rings. The van der Waals surface area contributed by atoms with Gasteiger partial charge < -0.3 is 9.15 Å². The third kappa shape index (κ3) is 2.63. The van der Waals surface area contributed by atoms with Crippen molar-refractivity contribution in [3.05, 3.63) is 64.0 Å². The van der Waals surface area contributed by atoms with Crippen LogP contribution in [0.3, 0.4) is 0 Å². The molecule has 124 valence electrons. The van der Waals surface area contributed by atoms with Gasteiger partial charge in [0, 0.05) is 29.4 Å². The molecule has 0 aliphatic carbocycles. The first-order valence-electron chi connectivity index (χ1n) is 7.46. The van der Waals surface area contributed by atoms with Gasteiger partial charge in [0.2, 0.25) is 0 Å². The molecule has 3 aromatic heterocycles. The summed E-state index contributed by atoms with van der Waals surface area (Å²) in [4.78, 5) is 31.9. The van der Waals surface area contributed by atoms with Crippen molar-refractivity contribution < 1.29 is 13.9 Å². The largest absolute Gasteiger partial charge is 0.423 e. The second-order valence-electron chi connectivity index (χ2n) is 5.53. The number of ether oxygens (including phenoxy) is 1. The average molecular weight is 336 g/mol. The van der Waals surface area contributed by atoms with Crippen molar-refractivity contribution in [2.24, 2.45) is 0 Å². The Hall–Kier alpha value is -3.55. The summed E-state index contributed by atoms with van der Waals surface area (Å²) in [5, 5.41) is 4.86. The number of aromatic nitrogens is 4. The van der Waals surface area contributed by atoms with E-state index in [0.29, 0.717) is 11.4 Å². The van der Waals surface area contributed by atoms with Crippen LogP contribution in [0.2, 0.25) is 0 Å². The van der Waals surface area contributed by atoms with Crippen LogP contribution in [0.4, 0.5) is 0 Å². The summed E-state index contributed by atoms with van der Waals surface area (Å²) in [6, 6.07) is 7.99. The van der Waals surface area contributed by atoms with Crippen LogP contribution >= 0.6 is 0 Å². The van der Waals surface area contributed by atoms with Gasteiger partial charge in [-0.3, -0.25) is 0 Å². The normalized spacial score (nSPS) is 11.1. The molecule has 0 spiro atoms. The molecule has 0 radical (unpaired) electrons. The number of hydrogen-bond acceptors (Lipinski definition) is 7. The maximum Gasteiger partial charge on any atom is 0.383 e. The number of nitrogens with zero attached hydrogens (tertiary/aromatic N) is 4. The van der Waals surface area contributed by atoms with Gasteiger partial charge in [-0.1, -0.05) is 0 Å². The van der Waals surface area contributed by atoms with Gasteiger partial charge in [0.25, 0.3) is 11.6 Å². The number of aryl methyl sites for hydroxylation is 2. The molecule has 1 aromatic carbocycles. The quantitative estimate of drug-likeness (QED) is 0.314. The van der Waals surface area contributed by atoms with Crippen molar-refractivity contribution in [3.63, 3.8) is 0 Å². The molecule has 3 heterocycles. The van der Waals surface area contributed by atoms with Crippen molar-refractivity contribution in [2.45, 2.75) is 13.8 Å². The van der Waals surface area contributed by atoms with E-state index in [1.807, 2.05) is 6.92 Å². The number of hydrogen-bond donors (Lipinski definition) is 0. The minimum atomic E-state index is -0.723. The minimum absolute atomic E-state index is 0.104. The van der Waals surface area contributed by atoms with E-state index < -0.39 is 11.6 Å². The van der Waals surface area contributed by atoms with Crippen LogP contribution in [-0.4, -0.2) is 25.6 Å². The molecular weight excluding hydrogens is 324 g/mol. The number of benzene rings is 1. The van der Waals surface area contributed by atoms with Crippen molar-refractivity contribution in [3.8, 4) is 5.75 Å². The van der Waals surface area contributed by atoms with E-state index in [0.717, 1.165) is 16.6 Å². The van der Waals surface area contributed by atoms with E-state index in [1.165, 1.54) is 16.6 Å². The highest BCUT2D eigenvalue weighted by Crippen LogP contribution is 2.22. The Morgan fingerprint density at radius 2 is 2.04 bits per heavy atom. The Kier molecular flexibility index (Phi) is 3.31. The molecule has 0 saturated carbocycles. The lowest BCUT2D eigenvalue weighted by molar-refractivity contribution is 0.0722. The summed E-state index contributed by atoms with van der Waals surface area (Å²) < 4.78 is 11.9. The van der Waals surface area contributed by atoms with Crippen LogP contribution in [0.1, 0.15) is 21.9 Å². The molecule has 25 heavy (non-hydrogen) atoms. The molecule has 4 rings (SSSR count). The summed E-state index contributed by atoms with van der Waals surface area (Å²) in [5.41, 5.74) is 1.46. The average Bonchev–Trinajstić information content (AvgIpc) is 3.00. The van der Waals surface area contributed by atoms with Crippen LogP contribution in [0.25, 0.3) is 16.7 Å².